The number of hydrogen-bond acceptors (Lipinski definition) is 7. The first-order valence-corrected chi connectivity index (χ1v) is 11.3. The third-order valence-corrected chi connectivity index (χ3v) is 5.79. The number of fused-ring (bicyclic) bond motifs is 1. The van der Waals surface area contributed by atoms with Crippen molar-refractivity contribution in [2.24, 2.45) is 5.73 Å². The fourth-order valence-electron chi connectivity index (χ4n) is 3.83. The molecule has 3 rings (SSSR count). The number of thiol groups is 1. The highest BCUT2D eigenvalue weighted by molar-refractivity contribution is 7.72. The predicted octanol–water partition coefficient (Wildman–Crippen LogP) is 1.46. The van der Waals surface area contributed by atoms with Gasteiger partial charge in [0.2, 0.25) is 5.91 Å². The molecule has 0 aromatic heterocycles. The van der Waals surface area contributed by atoms with Crippen molar-refractivity contribution >= 4 is 28.4 Å². The molecule has 0 saturated carbocycles. The monoisotopic (exact) mass is 460 g/mol. The van der Waals surface area contributed by atoms with Crippen molar-refractivity contribution in [3.8, 4) is 11.5 Å². The van der Waals surface area contributed by atoms with Crippen LogP contribution in [-0.2, 0) is 21.9 Å². The van der Waals surface area contributed by atoms with Crippen LogP contribution in [-0.4, -0.2) is 50.5 Å². The van der Waals surface area contributed by atoms with Gasteiger partial charge in [0.25, 0.3) is 11.8 Å². The normalized spacial score (nSPS) is 13.9. The summed E-state index contributed by atoms with van der Waals surface area (Å²) in [5, 5.41) is 0. The maximum atomic E-state index is 13.3. The topological polar surface area (TPSA) is 133 Å². The molecule has 1 unspecified atom stereocenters. The average Bonchev–Trinajstić information content (AvgIpc) is 3.00. The first-order valence-electron chi connectivity index (χ1n) is 9.99. The lowest BCUT2D eigenvalue weighted by Gasteiger charge is -2.27. The van der Waals surface area contributed by atoms with Crippen molar-refractivity contribution in [3.05, 3.63) is 58.7 Å². The molecule has 1 atom stereocenters. The smallest absolute Gasteiger partial charge is 0.262 e. The molecule has 2 aromatic rings. The molecule has 170 valence electrons. The summed E-state index contributed by atoms with van der Waals surface area (Å²) in [5.74, 6) is -1.13. The fraction of sp³-hybridized carbons (Fsp3) is 0.318. The summed E-state index contributed by atoms with van der Waals surface area (Å²) < 4.78 is 33.5. The van der Waals surface area contributed by atoms with E-state index in [1.54, 1.807) is 37.3 Å². The first-order chi connectivity index (χ1) is 15.3. The standard InChI is InChI=1S/C22H24N2O7S/c1-3-31-18-11-13(7-8-17(18)30-2)16(9-10-32(28)29)24-21(26)15-6-4-5-14(12-19(23)25)20(15)22(24)27/h4-8,11,16,32H,3,9-10,12H2,1-2H3,(H2,23,25). The molecular weight excluding hydrogens is 436 g/mol. The quantitative estimate of drug-likeness (QED) is 0.405. The molecule has 10 heteroatoms. The van der Waals surface area contributed by atoms with Gasteiger partial charge in [-0.15, -0.1) is 0 Å². The lowest BCUT2D eigenvalue weighted by molar-refractivity contribution is -0.117. The van der Waals surface area contributed by atoms with Crippen LogP contribution in [0.1, 0.15) is 51.2 Å². The Morgan fingerprint density at radius 3 is 2.50 bits per heavy atom. The van der Waals surface area contributed by atoms with Gasteiger partial charge in [-0.25, -0.2) is 8.42 Å². The van der Waals surface area contributed by atoms with Crippen molar-refractivity contribution in [1.29, 1.82) is 0 Å². The lowest BCUT2D eigenvalue weighted by Crippen LogP contribution is -2.35. The second-order valence-corrected chi connectivity index (χ2v) is 8.28. The summed E-state index contributed by atoms with van der Waals surface area (Å²) >= 11 is 0. The van der Waals surface area contributed by atoms with E-state index in [9.17, 15) is 22.8 Å². The third kappa shape index (κ3) is 4.59. The van der Waals surface area contributed by atoms with Crippen LogP contribution in [0, 0.1) is 0 Å². The molecule has 0 saturated heterocycles. The van der Waals surface area contributed by atoms with E-state index in [0.29, 0.717) is 29.2 Å². The van der Waals surface area contributed by atoms with Gasteiger partial charge in [-0.2, -0.15) is 0 Å². The lowest BCUT2D eigenvalue weighted by atomic mass is 10.00. The van der Waals surface area contributed by atoms with Gasteiger partial charge in [-0.3, -0.25) is 19.3 Å². The molecule has 1 aliphatic heterocycles. The highest BCUT2D eigenvalue weighted by Gasteiger charge is 2.42. The fourth-order valence-corrected chi connectivity index (χ4v) is 4.29. The number of methoxy groups -OCH3 is 1. The molecule has 9 nitrogen and oxygen atoms in total. The number of nitrogens with zero attached hydrogens (tertiary/aromatic N) is 1. The van der Waals surface area contributed by atoms with Crippen LogP contribution in [0.3, 0.4) is 0 Å². The van der Waals surface area contributed by atoms with Crippen molar-refractivity contribution in [1.82, 2.24) is 4.90 Å². The van der Waals surface area contributed by atoms with Crippen molar-refractivity contribution in [2.45, 2.75) is 25.8 Å². The molecule has 0 fully saturated rings. The van der Waals surface area contributed by atoms with Gasteiger partial charge in [0.05, 0.1) is 37.3 Å². The summed E-state index contributed by atoms with van der Waals surface area (Å²) in [6.07, 6.45) is -0.183. The molecule has 1 heterocycles. The van der Waals surface area contributed by atoms with Crippen LogP contribution in [0.15, 0.2) is 36.4 Å². The Bertz CT molecular complexity index is 1140. The summed E-state index contributed by atoms with van der Waals surface area (Å²) in [6, 6.07) is 8.74. The Morgan fingerprint density at radius 1 is 1.12 bits per heavy atom. The van der Waals surface area contributed by atoms with E-state index >= 15 is 0 Å². The minimum Gasteiger partial charge on any atom is -0.493 e. The van der Waals surface area contributed by atoms with Gasteiger partial charge >= 0.3 is 0 Å². The van der Waals surface area contributed by atoms with Crippen LogP contribution >= 0.6 is 0 Å². The van der Waals surface area contributed by atoms with Gasteiger partial charge in [0.15, 0.2) is 11.5 Å². The number of amides is 3. The van der Waals surface area contributed by atoms with Crippen molar-refractivity contribution in [2.75, 3.05) is 19.5 Å². The minimum absolute atomic E-state index is 0.00716. The van der Waals surface area contributed by atoms with E-state index in [0.717, 1.165) is 4.90 Å². The molecule has 32 heavy (non-hydrogen) atoms. The molecule has 0 bridgehead atoms. The highest BCUT2D eigenvalue weighted by atomic mass is 32.2. The molecule has 2 N–H and O–H groups in total. The summed E-state index contributed by atoms with van der Waals surface area (Å²) in [6.45, 7) is 2.16. The van der Waals surface area contributed by atoms with E-state index in [-0.39, 0.29) is 29.7 Å². The zero-order valence-corrected chi connectivity index (χ0v) is 18.6. The number of ether oxygens (including phenoxy) is 2. The van der Waals surface area contributed by atoms with Gasteiger partial charge in [0, 0.05) is 5.75 Å². The SMILES string of the molecule is CCOc1cc(C(CC[SH](=O)=O)N2C(=O)c3cccc(CC(N)=O)c3C2=O)ccc1OC. The average molecular weight is 461 g/mol. The number of carbonyl (C=O) groups is 3. The van der Waals surface area contributed by atoms with E-state index in [1.807, 2.05) is 0 Å². The summed E-state index contributed by atoms with van der Waals surface area (Å²) in [5.41, 5.74) is 6.45. The van der Waals surface area contributed by atoms with Crippen LogP contribution in [0.4, 0.5) is 0 Å². The Labute approximate surface area is 187 Å². The van der Waals surface area contributed by atoms with Gasteiger partial charge < -0.3 is 15.2 Å². The van der Waals surface area contributed by atoms with E-state index in [2.05, 4.69) is 0 Å². The van der Waals surface area contributed by atoms with Gasteiger partial charge in [-0.1, -0.05) is 18.2 Å². The van der Waals surface area contributed by atoms with E-state index in [1.165, 1.54) is 13.2 Å². The number of carbonyl (C=O) groups excluding carboxylic acids is 3. The second kappa shape index (κ2) is 9.82. The van der Waals surface area contributed by atoms with E-state index in [4.69, 9.17) is 15.2 Å². The number of primary amides is 1. The zero-order valence-electron chi connectivity index (χ0n) is 17.7. The van der Waals surface area contributed by atoms with Crippen LogP contribution in [0.25, 0.3) is 0 Å². The molecule has 2 aromatic carbocycles. The maximum Gasteiger partial charge on any atom is 0.262 e. The molecular formula is C22H24N2O7S. The molecule has 1 aliphatic rings. The Morgan fingerprint density at radius 2 is 1.88 bits per heavy atom. The zero-order chi connectivity index (χ0) is 23.4. The molecule has 3 amide bonds. The van der Waals surface area contributed by atoms with Crippen LogP contribution in [0.2, 0.25) is 0 Å². The maximum absolute atomic E-state index is 13.3. The van der Waals surface area contributed by atoms with Gasteiger partial charge in [-0.05, 0) is 42.7 Å². The van der Waals surface area contributed by atoms with Gasteiger partial charge in [0.1, 0.15) is 10.7 Å². The second-order valence-electron chi connectivity index (χ2n) is 7.17. The number of rotatable bonds is 10. The Balaban J connectivity index is 2.08. The Kier molecular flexibility index (Phi) is 7.14. The summed E-state index contributed by atoms with van der Waals surface area (Å²) in [7, 11) is -1.25. The highest BCUT2D eigenvalue weighted by Crippen LogP contribution is 2.38. The first kappa shape index (κ1) is 23.3. The minimum atomic E-state index is -2.73. The molecule has 0 aliphatic carbocycles. The number of imide groups is 1. The third-order valence-electron chi connectivity index (χ3n) is 5.17. The predicted molar refractivity (Wildman–Crippen MR) is 117 cm³/mol. The van der Waals surface area contributed by atoms with Crippen molar-refractivity contribution in [3.63, 3.8) is 0 Å². The summed E-state index contributed by atoms with van der Waals surface area (Å²) in [4.78, 5) is 39.1. The largest absolute Gasteiger partial charge is 0.493 e. The van der Waals surface area contributed by atoms with Crippen LogP contribution in [0.5, 0.6) is 11.5 Å². The number of nitrogens with two attached hydrogens (primary N) is 1. The van der Waals surface area contributed by atoms with Crippen LogP contribution < -0.4 is 15.2 Å². The molecule has 0 spiro atoms. The Hall–Kier alpha value is -3.40. The van der Waals surface area contributed by atoms with Crippen molar-refractivity contribution < 1.29 is 32.3 Å². The number of benzene rings is 2. The number of hydrogen-bond donors (Lipinski definition) is 2. The molecule has 0 radical (unpaired) electrons. The van der Waals surface area contributed by atoms with E-state index < -0.39 is 34.5 Å².